The molecular formula is C20H24FN4O2S+. The summed E-state index contributed by atoms with van der Waals surface area (Å²) >= 11 is 5.51. The van der Waals surface area contributed by atoms with Gasteiger partial charge in [-0.2, -0.15) is 0 Å². The number of halogens is 1. The van der Waals surface area contributed by atoms with E-state index in [0.717, 1.165) is 37.6 Å². The van der Waals surface area contributed by atoms with Crippen LogP contribution in [-0.4, -0.2) is 55.8 Å². The highest BCUT2D eigenvalue weighted by atomic mass is 32.1. The number of carbonyl (C=O) groups is 1. The van der Waals surface area contributed by atoms with Crippen molar-refractivity contribution < 1.29 is 18.8 Å². The molecule has 2 aromatic carbocycles. The molecule has 0 aromatic heterocycles. The quantitative estimate of drug-likeness (QED) is 0.659. The normalized spacial score (nSPS) is 14.4. The number of amides is 1. The van der Waals surface area contributed by atoms with Crippen LogP contribution in [0, 0.1) is 5.82 Å². The summed E-state index contributed by atoms with van der Waals surface area (Å²) in [6.45, 7) is 3.58. The van der Waals surface area contributed by atoms with Gasteiger partial charge in [0.05, 0.1) is 33.3 Å². The number of benzene rings is 2. The molecule has 1 amide bonds. The molecule has 1 heterocycles. The van der Waals surface area contributed by atoms with Gasteiger partial charge in [-0.25, -0.2) is 4.39 Å². The van der Waals surface area contributed by atoms with E-state index in [-0.39, 0.29) is 11.7 Å². The minimum atomic E-state index is -0.320. The van der Waals surface area contributed by atoms with E-state index in [1.807, 2.05) is 24.3 Å². The standard InChI is InChI=1S/C20H23FN4O2S/c1-27-18-8-6-17(7-9-18)23-20(28)25-12-10-24(11-13-25)14-19(26)22-16-4-2-15(21)3-5-16/h2-9H,10-14H2,1H3,(H,22,26)(H,23,28)/p+1. The summed E-state index contributed by atoms with van der Waals surface area (Å²) < 4.78 is 18.1. The van der Waals surface area contributed by atoms with E-state index in [1.54, 1.807) is 19.2 Å². The van der Waals surface area contributed by atoms with Crippen molar-refractivity contribution in [2.24, 2.45) is 0 Å². The van der Waals surface area contributed by atoms with Crippen molar-refractivity contribution in [3.8, 4) is 5.75 Å². The molecule has 1 fully saturated rings. The Bertz CT molecular complexity index is 806. The molecule has 148 valence electrons. The van der Waals surface area contributed by atoms with Crippen LogP contribution in [-0.2, 0) is 4.79 Å². The van der Waals surface area contributed by atoms with Gasteiger partial charge >= 0.3 is 0 Å². The maximum absolute atomic E-state index is 12.9. The molecule has 0 unspecified atom stereocenters. The fraction of sp³-hybridized carbons (Fsp3) is 0.300. The van der Waals surface area contributed by atoms with Gasteiger partial charge in [-0.05, 0) is 60.7 Å². The van der Waals surface area contributed by atoms with Crippen LogP contribution < -0.4 is 20.3 Å². The predicted octanol–water partition coefficient (Wildman–Crippen LogP) is 1.37. The fourth-order valence-electron chi connectivity index (χ4n) is 3.05. The zero-order chi connectivity index (χ0) is 19.9. The maximum atomic E-state index is 12.9. The monoisotopic (exact) mass is 403 g/mol. The maximum Gasteiger partial charge on any atom is 0.279 e. The van der Waals surface area contributed by atoms with Gasteiger partial charge in [-0.15, -0.1) is 0 Å². The van der Waals surface area contributed by atoms with Crippen molar-refractivity contribution >= 4 is 34.6 Å². The van der Waals surface area contributed by atoms with Crippen molar-refractivity contribution in [2.45, 2.75) is 0 Å². The Hall–Kier alpha value is -2.71. The zero-order valence-corrected chi connectivity index (χ0v) is 16.5. The number of rotatable bonds is 5. The van der Waals surface area contributed by atoms with Gasteiger partial charge in [-0.3, -0.25) is 4.79 Å². The van der Waals surface area contributed by atoms with Gasteiger partial charge in [0.25, 0.3) is 5.91 Å². The molecule has 28 heavy (non-hydrogen) atoms. The highest BCUT2D eigenvalue weighted by Gasteiger charge is 2.23. The second kappa shape index (κ2) is 9.48. The first kappa shape index (κ1) is 20.0. The molecule has 3 N–H and O–H groups in total. The third-order valence-corrected chi connectivity index (χ3v) is 5.00. The van der Waals surface area contributed by atoms with Crippen LogP contribution >= 0.6 is 12.2 Å². The van der Waals surface area contributed by atoms with Gasteiger partial charge in [-0.1, -0.05) is 0 Å². The summed E-state index contributed by atoms with van der Waals surface area (Å²) in [5.41, 5.74) is 1.52. The molecule has 0 spiro atoms. The Kier molecular flexibility index (Phi) is 6.78. The minimum Gasteiger partial charge on any atom is -0.497 e. The van der Waals surface area contributed by atoms with Gasteiger partial charge in [0.1, 0.15) is 11.6 Å². The topological polar surface area (TPSA) is 58.0 Å². The van der Waals surface area contributed by atoms with Gasteiger partial charge in [0.2, 0.25) is 0 Å². The summed E-state index contributed by atoms with van der Waals surface area (Å²) in [5, 5.41) is 6.72. The van der Waals surface area contributed by atoms with Crippen molar-refractivity contribution in [1.82, 2.24) is 4.90 Å². The highest BCUT2D eigenvalue weighted by molar-refractivity contribution is 7.80. The summed E-state index contributed by atoms with van der Waals surface area (Å²) in [4.78, 5) is 15.5. The summed E-state index contributed by atoms with van der Waals surface area (Å²) in [5.74, 6) is 0.403. The van der Waals surface area contributed by atoms with Crippen molar-refractivity contribution in [3.63, 3.8) is 0 Å². The molecule has 0 saturated carbocycles. The van der Waals surface area contributed by atoms with Crippen LogP contribution in [0.1, 0.15) is 0 Å². The Morgan fingerprint density at radius 2 is 1.64 bits per heavy atom. The SMILES string of the molecule is COc1ccc(NC(=S)N2CC[NH+](CC(=O)Nc3ccc(F)cc3)CC2)cc1. The minimum absolute atomic E-state index is 0.0750. The number of thiocarbonyl (C=S) groups is 1. The lowest BCUT2D eigenvalue weighted by Crippen LogP contribution is -3.15. The number of hydrogen-bond donors (Lipinski definition) is 3. The average Bonchev–Trinajstić information content (AvgIpc) is 2.71. The lowest BCUT2D eigenvalue weighted by molar-refractivity contribution is -0.895. The summed E-state index contributed by atoms with van der Waals surface area (Å²) in [6, 6.07) is 13.4. The molecule has 6 nitrogen and oxygen atoms in total. The first-order valence-corrected chi connectivity index (χ1v) is 9.53. The number of nitrogens with one attached hydrogen (secondary N) is 3. The van der Waals surface area contributed by atoms with E-state index in [2.05, 4.69) is 15.5 Å². The number of nitrogens with zero attached hydrogens (tertiary/aromatic N) is 1. The molecule has 0 atom stereocenters. The predicted molar refractivity (Wildman–Crippen MR) is 111 cm³/mol. The molecule has 1 saturated heterocycles. The van der Waals surface area contributed by atoms with Crippen molar-refractivity contribution in [2.75, 3.05) is 50.5 Å². The first-order chi connectivity index (χ1) is 13.5. The average molecular weight is 404 g/mol. The fourth-order valence-corrected chi connectivity index (χ4v) is 3.35. The van der Waals surface area contributed by atoms with E-state index in [9.17, 15) is 9.18 Å². The van der Waals surface area contributed by atoms with Crippen molar-refractivity contribution in [3.05, 3.63) is 54.3 Å². The molecule has 8 heteroatoms. The Labute approximate surface area is 169 Å². The number of carbonyl (C=O) groups excluding carboxylic acids is 1. The van der Waals surface area contributed by atoms with Crippen LogP contribution in [0.5, 0.6) is 5.75 Å². The molecular weight excluding hydrogens is 379 g/mol. The Morgan fingerprint density at radius 1 is 1.07 bits per heavy atom. The molecule has 1 aliphatic heterocycles. The first-order valence-electron chi connectivity index (χ1n) is 9.12. The van der Waals surface area contributed by atoms with Crippen LogP contribution in [0.3, 0.4) is 0 Å². The second-order valence-corrected chi connectivity index (χ2v) is 7.01. The molecule has 2 aromatic rings. The Morgan fingerprint density at radius 3 is 2.25 bits per heavy atom. The molecule has 1 aliphatic rings. The largest absolute Gasteiger partial charge is 0.497 e. The number of hydrogen-bond acceptors (Lipinski definition) is 3. The second-order valence-electron chi connectivity index (χ2n) is 6.63. The smallest absolute Gasteiger partial charge is 0.279 e. The van der Waals surface area contributed by atoms with Crippen LogP contribution in [0.15, 0.2) is 48.5 Å². The third kappa shape index (κ3) is 5.64. The van der Waals surface area contributed by atoms with Crippen LogP contribution in [0.4, 0.5) is 15.8 Å². The third-order valence-electron chi connectivity index (χ3n) is 4.64. The lowest BCUT2D eigenvalue weighted by Gasteiger charge is -2.33. The van der Waals surface area contributed by atoms with E-state index in [1.165, 1.54) is 17.0 Å². The van der Waals surface area contributed by atoms with Gasteiger partial charge < -0.3 is 25.2 Å². The number of anilines is 2. The van der Waals surface area contributed by atoms with Gasteiger partial charge in [0, 0.05) is 11.4 Å². The Balaban J connectivity index is 1.42. The van der Waals surface area contributed by atoms with Crippen molar-refractivity contribution in [1.29, 1.82) is 0 Å². The number of quaternary nitrogens is 1. The highest BCUT2D eigenvalue weighted by Crippen LogP contribution is 2.15. The molecule has 0 radical (unpaired) electrons. The van der Waals surface area contributed by atoms with Gasteiger partial charge in [0.15, 0.2) is 11.7 Å². The van der Waals surface area contributed by atoms with E-state index in [4.69, 9.17) is 17.0 Å². The number of methoxy groups -OCH3 is 1. The van der Waals surface area contributed by atoms with E-state index >= 15 is 0 Å². The van der Waals surface area contributed by atoms with Crippen LogP contribution in [0.25, 0.3) is 0 Å². The number of piperazine rings is 1. The zero-order valence-electron chi connectivity index (χ0n) is 15.7. The van der Waals surface area contributed by atoms with E-state index < -0.39 is 0 Å². The van der Waals surface area contributed by atoms with E-state index in [0.29, 0.717) is 17.3 Å². The summed E-state index contributed by atoms with van der Waals surface area (Å²) in [7, 11) is 1.63. The molecule has 0 bridgehead atoms. The molecule has 3 rings (SSSR count). The molecule has 0 aliphatic carbocycles. The number of ether oxygens (including phenoxy) is 1. The lowest BCUT2D eigenvalue weighted by atomic mass is 10.3. The summed E-state index contributed by atoms with van der Waals surface area (Å²) in [6.07, 6.45) is 0. The van der Waals surface area contributed by atoms with Crippen LogP contribution in [0.2, 0.25) is 0 Å².